The number of hydrogen-bond donors (Lipinski definition) is 2. The van der Waals surface area contributed by atoms with Crippen molar-refractivity contribution in [1.82, 2.24) is 4.90 Å². The quantitative estimate of drug-likeness (QED) is 0.430. The first-order valence-electron chi connectivity index (χ1n) is 7.77. The van der Waals surface area contributed by atoms with Crippen molar-refractivity contribution in [3.8, 4) is 0 Å². The third kappa shape index (κ3) is 2.62. The zero-order valence-electron chi connectivity index (χ0n) is 13.9. The minimum absolute atomic E-state index is 0. The molecular weight excluding hydrogens is 335 g/mol. The molecule has 2 amide bonds. The van der Waals surface area contributed by atoms with Crippen LogP contribution in [0.5, 0.6) is 0 Å². The molecule has 3 atom stereocenters. The summed E-state index contributed by atoms with van der Waals surface area (Å²) in [5, 5.41) is 24.1. The Morgan fingerprint density at radius 3 is 2.76 bits per heavy atom. The zero-order chi connectivity index (χ0) is 17.2. The Hall–Kier alpha value is -1.67. The predicted molar refractivity (Wildman–Crippen MR) is 81.1 cm³/mol. The second kappa shape index (κ2) is 6.25. The van der Waals surface area contributed by atoms with Gasteiger partial charge in [-0.1, -0.05) is 12.1 Å². The fraction of sp³-hybridized carbons (Fsp3) is 0.353. The molecule has 0 bridgehead atoms. The van der Waals surface area contributed by atoms with Gasteiger partial charge in [0.1, 0.15) is 0 Å². The van der Waals surface area contributed by atoms with Crippen LogP contribution in [-0.4, -0.2) is 39.9 Å². The summed E-state index contributed by atoms with van der Waals surface area (Å²) >= 11 is 0. The number of nitrogens with one attached hydrogen (secondary N) is 1. The van der Waals surface area contributed by atoms with Gasteiger partial charge in [0.15, 0.2) is 0 Å². The SMILES string of the molecule is C[C@@H](O)[C@H]1C(=O)N2C(C(=O)[O-])=C(c3ccc4c(c3)NC(=O)C4)C[C@H]12.[Na+]. The minimum atomic E-state index is -1.41. The second-order valence-corrected chi connectivity index (χ2v) is 6.46. The van der Waals surface area contributed by atoms with E-state index in [-0.39, 0.29) is 47.2 Å². The van der Waals surface area contributed by atoms with Gasteiger partial charge in [-0.05, 0) is 36.1 Å². The van der Waals surface area contributed by atoms with Crippen LogP contribution in [0.3, 0.4) is 0 Å². The molecule has 1 saturated heterocycles. The van der Waals surface area contributed by atoms with Crippen LogP contribution in [-0.2, 0) is 20.8 Å². The number of carbonyl (C=O) groups is 3. The molecule has 124 valence electrons. The molecule has 7 nitrogen and oxygen atoms in total. The summed E-state index contributed by atoms with van der Waals surface area (Å²) in [4.78, 5) is 36.5. The number of carboxylic acids is 1. The summed E-state index contributed by atoms with van der Waals surface area (Å²) in [5.41, 5.74) is 2.53. The Labute approximate surface area is 166 Å². The number of anilines is 1. The third-order valence-corrected chi connectivity index (χ3v) is 5.01. The number of nitrogens with zero attached hydrogens (tertiary/aromatic N) is 1. The molecule has 1 aromatic rings. The number of carboxylic acid groups (broad SMARTS) is 1. The second-order valence-electron chi connectivity index (χ2n) is 6.46. The average molecular weight is 350 g/mol. The van der Waals surface area contributed by atoms with Crippen LogP contribution in [0.4, 0.5) is 5.69 Å². The summed E-state index contributed by atoms with van der Waals surface area (Å²) in [7, 11) is 0. The number of fused-ring (bicyclic) bond motifs is 2. The van der Waals surface area contributed by atoms with Gasteiger partial charge < -0.3 is 25.2 Å². The monoisotopic (exact) mass is 350 g/mol. The molecule has 2 N–H and O–H groups in total. The summed E-state index contributed by atoms with van der Waals surface area (Å²) in [5.74, 6) is -2.49. The molecule has 1 aromatic carbocycles. The van der Waals surface area contributed by atoms with Crippen molar-refractivity contribution in [3.63, 3.8) is 0 Å². The number of β-lactam (4-membered cyclic amide) rings is 1. The number of benzene rings is 1. The van der Waals surface area contributed by atoms with Crippen LogP contribution in [0.25, 0.3) is 5.57 Å². The van der Waals surface area contributed by atoms with Gasteiger partial charge in [-0.3, -0.25) is 9.59 Å². The van der Waals surface area contributed by atoms with Crippen molar-refractivity contribution in [2.75, 3.05) is 5.32 Å². The van der Waals surface area contributed by atoms with Gasteiger partial charge in [-0.25, -0.2) is 0 Å². The number of rotatable bonds is 3. The van der Waals surface area contributed by atoms with E-state index < -0.39 is 23.9 Å². The smallest absolute Gasteiger partial charge is 0.543 e. The van der Waals surface area contributed by atoms with E-state index >= 15 is 0 Å². The fourth-order valence-corrected chi connectivity index (χ4v) is 3.92. The van der Waals surface area contributed by atoms with Crippen LogP contribution >= 0.6 is 0 Å². The van der Waals surface area contributed by atoms with Crippen molar-refractivity contribution in [2.24, 2.45) is 5.92 Å². The van der Waals surface area contributed by atoms with Gasteiger partial charge in [0.25, 0.3) is 0 Å². The van der Waals surface area contributed by atoms with E-state index in [1.807, 2.05) is 0 Å². The van der Waals surface area contributed by atoms with Gasteiger partial charge in [0, 0.05) is 5.69 Å². The van der Waals surface area contributed by atoms with Crippen molar-refractivity contribution >= 4 is 29.0 Å². The predicted octanol–water partition coefficient (Wildman–Crippen LogP) is -3.74. The molecule has 3 heterocycles. The van der Waals surface area contributed by atoms with Crippen molar-refractivity contribution in [2.45, 2.75) is 31.9 Å². The molecule has 25 heavy (non-hydrogen) atoms. The van der Waals surface area contributed by atoms with E-state index in [1.165, 1.54) is 11.8 Å². The van der Waals surface area contributed by atoms with Gasteiger partial charge in [0.05, 0.1) is 36.2 Å². The van der Waals surface area contributed by atoms with E-state index in [9.17, 15) is 24.6 Å². The average Bonchev–Trinajstić information content (AvgIpc) is 3.02. The molecule has 0 unspecified atom stereocenters. The van der Waals surface area contributed by atoms with Gasteiger partial charge in [-0.15, -0.1) is 0 Å². The Morgan fingerprint density at radius 1 is 1.40 bits per heavy atom. The molecule has 1 fully saturated rings. The Kier molecular flexibility index (Phi) is 4.53. The third-order valence-electron chi connectivity index (χ3n) is 5.01. The molecule has 0 saturated carbocycles. The molecule has 3 aliphatic heterocycles. The molecule has 0 radical (unpaired) electrons. The maximum atomic E-state index is 12.2. The number of aliphatic hydroxyl groups excluding tert-OH is 1. The summed E-state index contributed by atoms with van der Waals surface area (Å²) in [6.45, 7) is 1.53. The topological polar surface area (TPSA) is 110 Å². The van der Waals surface area contributed by atoms with Gasteiger partial charge in [-0.2, -0.15) is 0 Å². The van der Waals surface area contributed by atoms with E-state index in [2.05, 4.69) is 5.32 Å². The number of aliphatic carboxylic acids is 1. The standard InChI is InChI=1S/C17H16N2O5.Na/c1-7(20)14-12-6-10(15(17(23)24)19(12)16(14)22)8-2-3-9-5-13(21)18-11(9)4-8;/h2-4,7,12,14,20H,5-6H2,1H3,(H,18,21)(H,23,24);/q;+1/p-1/t7-,12-,14-;/m1./s1. The minimum Gasteiger partial charge on any atom is -0.543 e. The maximum Gasteiger partial charge on any atom is 1.00 e. The van der Waals surface area contributed by atoms with Crippen molar-refractivity contribution < 1.29 is 54.2 Å². The summed E-state index contributed by atoms with van der Waals surface area (Å²) in [6.07, 6.45) is -0.183. The Balaban J connectivity index is 0.00000182. The molecular formula is C17H15N2NaO5. The first kappa shape index (κ1) is 18.1. The van der Waals surface area contributed by atoms with Crippen LogP contribution < -0.4 is 40.0 Å². The largest absolute Gasteiger partial charge is 1.00 e. The number of hydrogen-bond acceptors (Lipinski definition) is 5. The van der Waals surface area contributed by atoms with E-state index in [1.54, 1.807) is 18.2 Å². The first-order chi connectivity index (χ1) is 11.4. The van der Waals surface area contributed by atoms with E-state index in [4.69, 9.17) is 0 Å². The summed E-state index contributed by atoms with van der Waals surface area (Å²) in [6, 6.07) is 4.91. The maximum absolute atomic E-state index is 12.2. The van der Waals surface area contributed by atoms with Crippen LogP contribution in [0, 0.1) is 5.92 Å². The van der Waals surface area contributed by atoms with Gasteiger partial charge >= 0.3 is 29.6 Å². The molecule has 0 spiro atoms. The Morgan fingerprint density at radius 2 is 2.12 bits per heavy atom. The Bertz CT molecular complexity index is 832. The molecule has 0 aliphatic carbocycles. The number of carbonyl (C=O) groups excluding carboxylic acids is 3. The van der Waals surface area contributed by atoms with Crippen molar-refractivity contribution in [3.05, 3.63) is 35.0 Å². The van der Waals surface area contributed by atoms with Gasteiger partial charge in [0.2, 0.25) is 11.8 Å². The van der Waals surface area contributed by atoms with Crippen LogP contribution in [0.1, 0.15) is 24.5 Å². The van der Waals surface area contributed by atoms with Crippen LogP contribution in [0.15, 0.2) is 23.9 Å². The van der Waals surface area contributed by atoms with E-state index in [0.29, 0.717) is 29.7 Å². The zero-order valence-corrected chi connectivity index (χ0v) is 15.9. The van der Waals surface area contributed by atoms with Crippen LogP contribution in [0.2, 0.25) is 0 Å². The molecule has 0 aromatic heterocycles. The van der Waals surface area contributed by atoms with Crippen molar-refractivity contribution in [1.29, 1.82) is 0 Å². The van der Waals surface area contributed by atoms with E-state index in [0.717, 1.165) is 5.56 Å². The number of amides is 2. The number of aliphatic hydroxyl groups is 1. The normalized spacial score (nSPS) is 25.0. The fourth-order valence-electron chi connectivity index (χ4n) is 3.92. The molecule has 8 heteroatoms. The molecule has 4 rings (SSSR count). The summed E-state index contributed by atoms with van der Waals surface area (Å²) < 4.78 is 0. The molecule has 3 aliphatic rings. The first-order valence-corrected chi connectivity index (χ1v) is 7.77.